The first-order valence-corrected chi connectivity index (χ1v) is 10.4. The second kappa shape index (κ2) is 6.52. The number of carbonyl (C=O) groups excluding carboxylic acids is 2. The fourth-order valence-electron chi connectivity index (χ4n) is 4.80. The molecule has 3 aliphatic rings. The largest absolute Gasteiger partial charge is 0.464 e. The lowest BCUT2D eigenvalue weighted by Crippen LogP contribution is -2.81. The Kier molecular flexibility index (Phi) is 4.20. The Morgan fingerprint density at radius 1 is 1.25 bits per heavy atom. The predicted molar refractivity (Wildman–Crippen MR) is 102 cm³/mol. The van der Waals surface area contributed by atoms with Crippen LogP contribution in [0.15, 0.2) is 34.1 Å². The smallest absolute Gasteiger partial charge is 0.252 e. The Balaban J connectivity index is 1.40. The number of aliphatic hydroxyl groups is 1. The van der Waals surface area contributed by atoms with Crippen LogP contribution in [0.25, 0.3) is 0 Å². The van der Waals surface area contributed by atoms with Gasteiger partial charge in [-0.2, -0.15) is 0 Å². The van der Waals surface area contributed by atoms with Crippen LogP contribution in [0.4, 0.5) is 0 Å². The van der Waals surface area contributed by atoms with Gasteiger partial charge in [-0.1, -0.05) is 6.07 Å². The van der Waals surface area contributed by atoms with E-state index < -0.39 is 17.7 Å². The summed E-state index contributed by atoms with van der Waals surface area (Å²) < 4.78 is 5.61. The second-order valence-corrected chi connectivity index (χ2v) is 9.09. The SMILES string of the molecule is Cc1ccc(CN2C(=O)[C@@H]3C[C@@H](O)CN3C3(CN(Cc4cccs4)C3)C2=O)o1. The summed E-state index contributed by atoms with van der Waals surface area (Å²) in [5, 5.41) is 12.3. The molecule has 3 aliphatic heterocycles. The number of thiophene rings is 1. The van der Waals surface area contributed by atoms with Crippen LogP contribution in [0.1, 0.15) is 22.8 Å². The first-order valence-electron chi connectivity index (χ1n) is 9.57. The third-order valence-electron chi connectivity index (χ3n) is 6.06. The number of piperazine rings is 1. The van der Waals surface area contributed by atoms with Crippen molar-refractivity contribution in [1.82, 2.24) is 14.7 Å². The summed E-state index contributed by atoms with van der Waals surface area (Å²) >= 11 is 1.70. The molecule has 2 aromatic heterocycles. The summed E-state index contributed by atoms with van der Waals surface area (Å²) in [7, 11) is 0. The summed E-state index contributed by atoms with van der Waals surface area (Å²) in [6.07, 6.45) is -0.192. The molecule has 0 bridgehead atoms. The standard InChI is InChI=1S/C20H23N3O4S/c1-13-4-5-15(27-13)9-22-18(25)17-7-14(24)8-23(17)20(19(22)26)11-21(12-20)10-16-3-2-6-28-16/h2-6,14,17,24H,7-12H2,1H3/t14-,17+/m1/s1. The molecule has 7 nitrogen and oxygen atoms in total. The molecule has 5 heterocycles. The van der Waals surface area contributed by atoms with Crippen molar-refractivity contribution < 1.29 is 19.1 Å². The van der Waals surface area contributed by atoms with Gasteiger partial charge in [0.1, 0.15) is 17.1 Å². The molecular formula is C20H23N3O4S. The first kappa shape index (κ1) is 18.1. The quantitative estimate of drug-likeness (QED) is 0.776. The lowest BCUT2D eigenvalue weighted by molar-refractivity contribution is -0.181. The van der Waals surface area contributed by atoms with Crippen LogP contribution < -0.4 is 0 Å². The van der Waals surface area contributed by atoms with E-state index in [-0.39, 0.29) is 18.4 Å². The number of rotatable bonds is 4. The molecule has 1 N–H and O–H groups in total. The number of fused-ring (bicyclic) bond motifs is 2. The zero-order valence-electron chi connectivity index (χ0n) is 15.7. The number of nitrogens with zero attached hydrogens (tertiary/aromatic N) is 3. The van der Waals surface area contributed by atoms with Crippen molar-refractivity contribution in [2.75, 3.05) is 19.6 Å². The van der Waals surface area contributed by atoms with E-state index in [1.165, 1.54) is 9.78 Å². The summed E-state index contributed by atoms with van der Waals surface area (Å²) in [4.78, 5) is 33.3. The average Bonchev–Trinajstić information content (AvgIpc) is 3.35. The maximum absolute atomic E-state index is 13.5. The zero-order valence-corrected chi connectivity index (χ0v) is 16.5. The lowest BCUT2D eigenvalue weighted by atomic mass is 9.82. The van der Waals surface area contributed by atoms with Crippen LogP contribution in [-0.2, 0) is 22.7 Å². The molecule has 2 aromatic rings. The van der Waals surface area contributed by atoms with Crippen molar-refractivity contribution in [1.29, 1.82) is 0 Å². The van der Waals surface area contributed by atoms with Gasteiger partial charge in [-0.15, -0.1) is 11.3 Å². The molecule has 8 heteroatoms. The van der Waals surface area contributed by atoms with Crippen LogP contribution in [0.2, 0.25) is 0 Å². The van der Waals surface area contributed by atoms with E-state index in [9.17, 15) is 14.7 Å². The number of likely N-dealkylation sites (tertiary alicyclic amines) is 1. The number of hydrogen-bond donors (Lipinski definition) is 1. The molecule has 0 aliphatic carbocycles. The minimum atomic E-state index is -0.727. The summed E-state index contributed by atoms with van der Waals surface area (Å²) in [5.41, 5.74) is -0.727. The Labute approximate surface area is 167 Å². The van der Waals surface area contributed by atoms with Gasteiger partial charge in [0.05, 0.1) is 18.7 Å². The monoisotopic (exact) mass is 401 g/mol. The maximum Gasteiger partial charge on any atom is 0.252 e. The van der Waals surface area contributed by atoms with E-state index in [0.717, 1.165) is 12.3 Å². The van der Waals surface area contributed by atoms with Crippen LogP contribution in [-0.4, -0.2) is 68.9 Å². The number of imide groups is 1. The number of carbonyl (C=O) groups is 2. The fraction of sp³-hybridized carbons (Fsp3) is 0.500. The lowest BCUT2D eigenvalue weighted by Gasteiger charge is -2.58. The molecule has 0 unspecified atom stereocenters. The van der Waals surface area contributed by atoms with E-state index in [0.29, 0.717) is 31.8 Å². The maximum atomic E-state index is 13.5. The Morgan fingerprint density at radius 3 is 2.75 bits per heavy atom. The van der Waals surface area contributed by atoms with Gasteiger partial charge in [-0.05, 0) is 36.9 Å². The highest BCUT2D eigenvalue weighted by Crippen LogP contribution is 2.41. The van der Waals surface area contributed by atoms with Gasteiger partial charge in [-0.25, -0.2) is 0 Å². The van der Waals surface area contributed by atoms with Gasteiger partial charge in [-0.3, -0.25) is 24.3 Å². The van der Waals surface area contributed by atoms with E-state index in [1.54, 1.807) is 11.3 Å². The van der Waals surface area contributed by atoms with E-state index in [4.69, 9.17) is 4.42 Å². The highest BCUT2D eigenvalue weighted by Gasteiger charge is 2.64. The number of β-amino-alcohol motifs (C(OH)–C–C–N with tert-alkyl or cyclic N) is 1. The highest BCUT2D eigenvalue weighted by molar-refractivity contribution is 7.09. The predicted octanol–water partition coefficient (Wildman–Crippen LogP) is 1.21. The zero-order chi connectivity index (χ0) is 19.5. The van der Waals surface area contributed by atoms with Crippen LogP contribution >= 0.6 is 11.3 Å². The molecule has 28 heavy (non-hydrogen) atoms. The third-order valence-corrected chi connectivity index (χ3v) is 6.92. The van der Waals surface area contributed by atoms with Crippen LogP contribution in [0.3, 0.4) is 0 Å². The normalized spacial score (nSPS) is 27.4. The number of amides is 2. The van der Waals surface area contributed by atoms with Crippen molar-refractivity contribution in [3.8, 4) is 0 Å². The van der Waals surface area contributed by atoms with Gasteiger partial charge >= 0.3 is 0 Å². The van der Waals surface area contributed by atoms with Crippen molar-refractivity contribution >= 4 is 23.2 Å². The molecule has 1 spiro atoms. The number of aryl methyl sites for hydroxylation is 1. The van der Waals surface area contributed by atoms with Gasteiger partial charge in [0.2, 0.25) is 5.91 Å². The van der Waals surface area contributed by atoms with Crippen LogP contribution in [0, 0.1) is 6.92 Å². The third kappa shape index (κ3) is 2.75. The number of furan rings is 1. The van der Waals surface area contributed by atoms with Crippen molar-refractivity contribution in [3.05, 3.63) is 46.0 Å². The Bertz CT molecular complexity index is 902. The van der Waals surface area contributed by atoms with Crippen molar-refractivity contribution in [3.63, 3.8) is 0 Å². The summed E-state index contributed by atoms with van der Waals surface area (Å²) in [5.74, 6) is 0.971. The van der Waals surface area contributed by atoms with Crippen LogP contribution in [0.5, 0.6) is 0 Å². The van der Waals surface area contributed by atoms with Gasteiger partial charge < -0.3 is 9.52 Å². The van der Waals surface area contributed by atoms with Gasteiger partial charge in [0, 0.05) is 31.1 Å². The molecular weight excluding hydrogens is 378 g/mol. The molecule has 5 rings (SSSR count). The molecule has 0 saturated carbocycles. The minimum Gasteiger partial charge on any atom is -0.464 e. The first-order chi connectivity index (χ1) is 13.5. The van der Waals surface area contributed by atoms with E-state index in [2.05, 4.69) is 16.3 Å². The number of hydrogen-bond acceptors (Lipinski definition) is 7. The van der Waals surface area contributed by atoms with Gasteiger partial charge in [0.15, 0.2) is 0 Å². The minimum absolute atomic E-state index is 0.151. The van der Waals surface area contributed by atoms with E-state index >= 15 is 0 Å². The molecule has 3 saturated heterocycles. The summed E-state index contributed by atoms with van der Waals surface area (Å²) in [6, 6.07) is 7.33. The molecule has 2 amide bonds. The van der Waals surface area contributed by atoms with E-state index in [1.807, 2.05) is 30.0 Å². The summed E-state index contributed by atoms with van der Waals surface area (Å²) in [6.45, 7) is 4.33. The fourth-order valence-corrected chi connectivity index (χ4v) is 5.54. The highest BCUT2D eigenvalue weighted by atomic mass is 32.1. The average molecular weight is 401 g/mol. The second-order valence-electron chi connectivity index (χ2n) is 8.06. The number of aliphatic hydroxyl groups excluding tert-OH is 1. The Morgan fingerprint density at radius 2 is 2.07 bits per heavy atom. The molecule has 3 fully saturated rings. The molecule has 0 aromatic carbocycles. The molecule has 148 valence electrons. The topological polar surface area (TPSA) is 77.2 Å². The van der Waals surface area contributed by atoms with Gasteiger partial charge in [0.25, 0.3) is 5.91 Å². The Hall–Kier alpha value is -2.00. The molecule has 2 atom stereocenters. The molecule has 0 radical (unpaired) electrons. The van der Waals surface area contributed by atoms with Crippen molar-refractivity contribution in [2.24, 2.45) is 0 Å². The van der Waals surface area contributed by atoms with Crippen molar-refractivity contribution in [2.45, 2.75) is 44.1 Å².